The lowest BCUT2D eigenvalue weighted by Crippen LogP contribution is -2.10. The van der Waals surface area contributed by atoms with E-state index in [2.05, 4.69) is 27.6 Å². The Hall–Kier alpha value is -0.510. The summed E-state index contributed by atoms with van der Waals surface area (Å²) < 4.78 is 0. The Kier molecular flexibility index (Phi) is 2.32. The van der Waals surface area contributed by atoms with Gasteiger partial charge < -0.3 is 0 Å². The van der Waals surface area contributed by atoms with Gasteiger partial charge in [-0.2, -0.15) is 0 Å². The maximum Gasteiger partial charge on any atom is 0.267 e. The lowest BCUT2D eigenvalue weighted by Gasteiger charge is -2.08. The minimum atomic E-state index is -0.865. The molecule has 0 aromatic carbocycles. The van der Waals surface area contributed by atoms with Crippen molar-refractivity contribution in [2.24, 2.45) is 20.7 Å². The minimum Gasteiger partial charge on any atom is -0.118 e. The summed E-state index contributed by atoms with van der Waals surface area (Å²) in [5.74, 6) is 0. The van der Waals surface area contributed by atoms with Gasteiger partial charge in [0.15, 0.2) is 0 Å². The molecule has 1 aliphatic heterocycles. The fraction of sp³-hybridized carbons (Fsp3) is 1.00. The Morgan fingerprint density at radius 3 is 2.40 bits per heavy atom. The molecule has 0 unspecified atom stereocenters. The van der Waals surface area contributed by atoms with Crippen LogP contribution in [-0.4, -0.2) is 5.12 Å². The molecule has 0 N–H and O–H groups in total. The molecular weight excluding hydrogens is 152 g/mol. The van der Waals surface area contributed by atoms with Gasteiger partial charge in [0, 0.05) is 6.42 Å². The first kappa shape index (κ1) is 7.60. The van der Waals surface area contributed by atoms with Gasteiger partial charge in [-0.25, -0.2) is 0 Å². The fourth-order valence-corrected chi connectivity index (χ4v) is 0.900. The molecule has 0 spiro atoms. The standard InChI is InChI=1S/C5H9ClN4/c1-2-3-4-5(6)7-9-10-8-5/h2-4H2,1H3. The Bertz CT molecular complexity index is 153. The van der Waals surface area contributed by atoms with Gasteiger partial charge in [-0.3, -0.25) is 0 Å². The maximum atomic E-state index is 5.83. The van der Waals surface area contributed by atoms with Gasteiger partial charge in [-0.05, 0) is 16.9 Å². The van der Waals surface area contributed by atoms with Gasteiger partial charge in [0.25, 0.3) is 5.12 Å². The van der Waals surface area contributed by atoms with Crippen LogP contribution in [0.2, 0.25) is 0 Å². The summed E-state index contributed by atoms with van der Waals surface area (Å²) in [7, 11) is 0. The second kappa shape index (κ2) is 3.05. The number of halogens is 1. The Labute approximate surface area is 64.4 Å². The third-order valence-corrected chi connectivity index (χ3v) is 1.62. The van der Waals surface area contributed by atoms with E-state index in [1.54, 1.807) is 0 Å². The van der Waals surface area contributed by atoms with Crippen LogP contribution in [0.15, 0.2) is 20.7 Å². The Morgan fingerprint density at radius 2 is 1.90 bits per heavy atom. The van der Waals surface area contributed by atoms with E-state index in [1.807, 2.05) is 0 Å². The molecular formula is C5H9ClN4. The molecule has 5 heteroatoms. The zero-order chi connectivity index (χ0) is 7.45. The van der Waals surface area contributed by atoms with Crippen molar-refractivity contribution in [1.29, 1.82) is 0 Å². The monoisotopic (exact) mass is 160 g/mol. The van der Waals surface area contributed by atoms with E-state index in [0.717, 1.165) is 19.3 Å². The maximum absolute atomic E-state index is 5.83. The molecule has 0 aromatic heterocycles. The van der Waals surface area contributed by atoms with Crippen LogP contribution in [0.3, 0.4) is 0 Å². The highest BCUT2D eigenvalue weighted by molar-refractivity contribution is 6.23. The average Bonchev–Trinajstić information content (AvgIpc) is 2.33. The van der Waals surface area contributed by atoms with Crippen molar-refractivity contribution in [2.75, 3.05) is 0 Å². The van der Waals surface area contributed by atoms with Crippen LogP contribution in [0.5, 0.6) is 0 Å². The van der Waals surface area contributed by atoms with Crippen molar-refractivity contribution in [3.8, 4) is 0 Å². The molecule has 56 valence electrons. The van der Waals surface area contributed by atoms with E-state index in [-0.39, 0.29) is 0 Å². The van der Waals surface area contributed by atoms with E-state index < -0.39 is 5.12 Å². The SMILES string of the molecule is CCCCC1(Cl)N=NN=N1. The third kappa shape index (κ3) is 1.73. The molecule has 0 radical (unpaired) electrons. The summed E-state index contributed by atoms with van der Waals surface area (Å²) in [6, 6.07) is 0. The number of nitrogens with zero attached hydrogens (tertiary/aromatic N) is 4. The van der Waals surface area contributed by atoms with Gasteiger partial charge in [-0.15, -0.1) is 10.2 Å². The number of hydrogen-bond donors (Lipinski definition) is 0. The topological polar surface area (TPSA) is 49.4 Å². The minimum absolute atomic E-state index is 0.720. The summed E-state index contributed by atoms with van der Waals surface area (Å²) >= 11 is 5.83. The Balaban J connectivity index is 2.38. The van der Waals surface area contributed by atoms with Crippen molar-refractivity contribution in [3.63, 3.8) is 0 Å². The molecule has 0 aromatic rings. The summed E-state index contributed by atoms with van der Waals surface area (Å²) in [4.78, 5) is 0. The summed E-state index contributed by atoms with van der Waals surface area (Å²) in [6.45, 7) is 2.09. The second-order valence-corrected chi connectivity index (χ2v) is 2.81. The van der Waals surface area contributed by atoms with Crippen LogP contribution in [0.1, 0.15) is 26.2 Å². The van der Waals surface area contributed by atoms with E-state index in [4.69, 9.17) is 11.6 Å². The van der Waals surface area contributed by atoms with E-state index in [0.29, 0.717) is 0 Å². The molecule has 1 rings (SSSR count). The zero-order valence-corrected chi connectivity index (χ0v) is 6.54. The molecule has 1 heterocycles. The molecule has 0 saturated heterocycles. The normalized spacial score (nSPS) is 20.2. The summed E-state index contributed by atoms with van der Waals surface area (Å²) in [6.07, 6.45) is 2.80. The van der Waals surface area contributed by atoms with E-state index in [9.17, 15) is 0 Å². The number of hydrogen-bond acceptors (Lipinski definition) is 4. The zero-order valence-electron chi connectivity index (χ0n) is 5.79. The largest absolute Gasteiger partial charge is 0.267 e. The van der Waals surface area contributed by atoms with Gasteiger partial charge in [0.1, 0.15) is 0 Å². The van der Waals surface area contributed by atoms with Crippen molar-refractivity contribution in [3.05, 3.63) is 0 Å². The van der Waals surface area contributed by atoms with Crippen LogP contribution in [-0.2, 0) is 0 Å². The molecule has 0 fully saturated rings. The molecule has 0 amide bonds. The predicted molar refractivity (Wildman–Crippen MR) is 37.8 cm³/mol. The molecule has 1 aliphatic rings. The van der Waals surface area contributed by atoms with Crippen molar-refractivity contribution in [1.82, 2.24) is 0 Å². The molecule has 0 aliphatic carbocycles. The average molecular weight is 161 g/mol. The van der Waals surface area contributed by atoms with Crippen molar-refractivity contribution in [2.45, 2.75) is 31.3 Å². The molecule has 0 atom stereocenters. The summed E-state index contributed by atoms with van der Waals surface area (Å²) in [5, 5.41) is 13.1. The first-order valence-electron chi connectivity index (χ1n) is 3.30. The predicted octanol–water partition coefficient (Wildman–Crippen LogP) is 2.90. The van der Waals surface area contributed by atoms with E-state index in [1.165, 1.54) is 0 Å². The smallest absolute Gasteiger partial charge is 0.118 e. The second-order valence-electron chi connectivity index (χ2n) is 2.20. The number of rotatable bonds is 3. The first-order chi connectivity index (χ1) is 4.77. The number of alkyl halides is 1. The molecule has 0 bridgehead atoms. The highest BCUT2D eigenvalue weighted by Crippen LogP contribution is 2.30. The quantitative estimate of drug-likeness (QED) is 0.450. The fourth-order valence-electron chi connectivity index (χ4n) is 0.699. The molecule has 4 nitrogen and oxygen atoms in total. The van der Waals surface area contributed by atoms with Crippen molar-refractivity contribution < 1.29 is 0 Å². The van der Waals surface area contributed by atoms with Crippen LogP contribution in [0.4, 0.5) is 0 Å². The van der Waals surface area contributed by atoms with E-state index >= 15 is 0 Å². The van der Waals surface area contributed by atoms with Gasteiger partial charge in [0.05, 0.1) is 0 Å². The molecule has 10 heavy (non-hydrogen) atoms. The third-order valence-electron chi connectivity index (χ3n) is 1.28. The first-order valence-corrected chi connectivity index (χ1v) is 3.67. The van der Waals surface area contributed by atoms with Crippen molar-refractivity contribution >= 4 is 11.6 Å². The van der Waals surface area contributed by atoms with Gasteiger partial charge in [0.2, 0.25) is 0 Å². The van der Waals surface area contributed by atoms with Crippen LogP contribution in [0.25, 0.3) is 0 Å². The van der Waals surface area contributed by atoms with Gasteiger partial charge >= 0.3 is 0 Å². The van der Waals surface area contributed by atoms with Crippen LogP contribution in [0, 0.1) is 0 Å². The highest BCUT2D eigenvalue weighted by Gasteiger charge is 2.28. The molecule has 0 saturated carbocycles. The lowest BCUT2D eigenvalue weighted by atomic mass is 10.2. The Morgan fingerprint density at radius 1 is 1.30 bits per heavy atom. The van der Waals surface area contributed by atoms with Gasteiger partial charge in [-0.1, -0.05) is 24.9 Å². The van der Waals surface area contributed by atoms with Crippen LogP contribution < -0.4 is 0 Å². The number of unbranched alkanes of at least 4 members (excludes halogenated alkanes) is 1. The highest BCUT2D eigenvalue weighted by atomic mass is 35.5. The summed E-state index contributed by atoms with van der Waals surface area (Å²) in [5.41, 5.74) is 0. The lowest BCUT2D eigenvalue weighted by molar-refractivity contribution is 0.537. The van der Waals surface area contributed by atoms with Crippen LogP contribution >= 0.6 is 11.6 Å².